The van der Waals surface area contributed by atoms with Gasteiger partial charge in [-0.2, -0.15) is 0 Å². The van der Waals surface area contributed by atoms with Gasteiger partial charge in [0.1, 0.15) is 0 Å². The molecule has 3 rings (SSSR count). The Bertz CT molecular complexity index is 858. The van der Waals surface area contributed by atoms with Crippen LogP contribution in [-0.4, -0.2) is 54.7 Å². The molecule has 1 N–H and O–H groups in total. The molecule has 6 heteroatoms. The summed E-state index contributed by atoms with van der Waals surface area (Å²) in [5.74, 6) is -0.800. The molecule has 124 valence electrons. The number of carbonyl (C=O) groups excluding carboxylic acids is 3. The van der Waals surface area contributed by atoms with E-state index in [1.165, 1.54) is 11.8 Å². The molecule has 0 aromatic heterocycles. The summed E-state index contributed by atoms with van der Waals surface area (Å²) in [6.45, 7) is 2.33. The van der Waals surface area contributed by atoms with E-state index in [2.05, 4.69) is 5.32 Å². The van der Waals surface area contributed by atoms with Crippen molar-refractivity contribution in [2.45, 2.75) is 6.92 Å². The van der Waals surface area contributed by atoms with Crippen molar-refractivity contribution in [3.8, 4) is 0 Å². The van der Waals surface area contributed by atoms with Gasteiger partial charge < -0.3 is 10.2 Å². The highest BCUT2D eigenvalue weighted by molar-refractivity contribution is 6.26. The fourth-order valence-corrected chi connectivity index (χ4v) is 2.94. The van der Waals surface area contributed by atoms with Crippen molar-refractivity contribution in [3.05, 3.63) is 41.5 Å². The topological polar surface area (TPSA) is 69.7 Å². The molecule has 0 saturated heterocycles. The number of anilines is 1. The van der Waals surface area contributed by atoms with E-state index in [1.807, 2.05) is 25.1 Å². The summed E-state index contributed by atoms with van der Waals surface area (Å²) < 4.78 is 0. The van der Waals surface area contributed by atoms with Crippen LogP contribution in [0.15, 0.2) is 30.3 Å². The third-order valence-electron chi connectivity index (χ3n) is 4.02. The Kier molecular flexibility index (Phi) is 4.07. The maximum atomic E-state index is 12.8. The first-order valence-electron chi connectivity index (χ1n) is 7.74. The summed E-state index contributed by atoms with van der Waals surface area (Å²) in [5, 5.41) is 4.13. The summed E-state index contributed by atoms with van der Waals surface area (Å²) in [5.41, 5.74) is 1.53. The van der Waals surface area contributed by atoms with Crippen LogP contribution in [0.4, 0.5) is 5.69 Å². The number of hydrogen-bond acceptors (Lipinski definition) is 4. The fraction of sp³-hybridized carbons (Fsp3) is 0.278. The SMILES string of the molecule is CC(=O)Nc1cc2c3c(cccc3c1)C(=O)N(CCN(C)C)C2=O. The smallest absolute Gasteiger partial charge is 0.261 e. The second-order valence-electron chi connectivity index (χ2n) is 6.17. The van der Waals surface area contributed by atoms with Gasteiger partial charge in [-0.05, 0) is 37.7 Å². The molecule has 3 amide bonds. The Morgan fingerprint density at radius 1 is 1.12 bits per heavy atom. The molecule has 0 atom stereocenters. The maximum Gasteiger partial charge on any atom is 0.261 e. The number of carbonyl (C=O) groups is 3. The van der Waals surface area contributed by atoms with E-state index in [1.54, 1.807) is 24.3 Å². The first-order chi connectivity index (χ1) is 11.4. The minimum atomic E-state index is -0.322. The lowest BCUT2D eigenvalue weighted by Crippen LogP contribution is -2.43. The average molecular weight is 325 g/mol. The van der Waals surface area contributed by atoms with Crippen molar-refractivity contribution in [1.29, 1.82) is 0 Å². The van der Waals surface area contributed by atoms with Crippen LogP contribution < -0.4 is 5.32 Å². The molecule has 0 bridgehead atoms. The van der Waals surface area contributed by atoms with Gasteiger partial charge in [-0.15, -0.1) is 0 Å². The molecular weight excluding hydrogens is 306 g/mol. The van der Waals surface area contributed by atoms with Crippen LogP contribution in [0.3, 0.4) is 0 Å². The highest BCUT2D eigenvalue weighted by Crippen LogP contribution is 2.32. The molecule has 6 nitrogen and oxygen atoms in total. The van der Waals surface area contributed by atoms with E-state index in [-0.39, 0.29) is 17.7 Å². The van der Waals surface area contributed by atoms with E-state index in [0.717, 1.165) is 5.39 Å². The van der Waals surface area contributed by atoms with E-state index >= 15 is 0 Å². The Morgan fingerprint density at radius 3 is 2.50 bits per heavy atom. The normalized spacial score (nSPS) is 13.8. The van der Waals surface area contributed by atoms with Gasteiger partial charge >= 0.3 is 0 Å². The molecule has 24 heavy (non-hydrogen) atoms. The van der Waals surface area contributed by atoms with Crippen LogP contribution >= 0.6 is 0 Å². The molecule has 2 aromatic rings. The average Bonchev–Trinajstić information content (AvgIpc) is 2.51. The van der Waals surface area contributed by atoms with Crippen LogP contribution in [0.1, 0.15) is 27.6 Å². The van der Waals surface area contributed by atoms with Gasteiger partial charge in [0.25, 0.3) is 11.8 Å². The summed E-state index contributed by atoms with van der Waals surface area (Å²) in [6.07, 6.45) is 0. The monoisotopic (exact) mass is 325 g/mol. The third-order valence-corrected chi connectivity index (χ3v) is 4.02. The van der Waals surface area contributed by atoms with E-state index < -0.39 is 0 Å². The minimum Gasteiger partial charge on any atom is -0.326 e. The predicted octanol–water partition coefficient (Wildman–Crippen LogP) is 1.96. The summed E-state index contributed by atoms with van der Waals surface area (Å²) >= 11 is 0. The lowest BCUT2D eigenvalue weighted by molar-refractivity contribution is -0.114. The number of benzene rings is 2. The zero-order valence-corrected chi connectivity index (χ0v) is 13.9. The minimum absolute atomic E-state index is 0.207. The number of rotatable bonds is 4. The van der Waals surface area contributed by atoms with Crippen LogP contribution in [0.2, 0.25) is 0 Å². The van der Waals surface area contributed by atoms with Gasteiger partial charge in [0.05, 0.1) is 5.56 Å². The first-order valence-corrected chi connectivity index (χ1v) is 7.74. The zero-order chi connectivity index (χ0) is 17.4. The summed E-state index contributed by atoms with van der Waals surface area (Å²) in [6, 6.07) is 8.78. The molecule has 0 radical (unpaired) electrons. The van der Waals surface area contributed by atoms with Gasteiger partial charge in [-0.3, -0.25) is 19.3 Å². The van der Waals surface area contributed by atoms with Crippen LogP contribution in [0.5, 0.6) is 0 Å². The molecule has 0 unspecified atom stereocenters. The number of nitrogens with zero attached hydrogens (tertiary/aromatic N) is 2. The third kappa shape index (κ3) is 2.76. The standard InChI is InChI=1S/C18H19N3O3/c1-11(22)19-13-9-12-5-4-6-14-16(12)15(10-13)18(24)21(17(14)23)8-7-20(2)3/h4-6,9-10H,7-8H2,1-3H3,(H,19,22). The highest BCUT2D eigenvalue weighted by atomic mass is 16.2. The number of amides is 3. The molecule has 1 heterocycles. The van der Waals surface area contributed by atoms with Gasteiger partial charge in [-0.25, -0.2) is 0 Å². The van der Waals surface area contributed by atoms with Crippen LogP contribution in [0, 0.1) is 0 Å². The molecule has 2 aromatic carbocycles. The van der Waals surface area contributed by atoms with Crippen LogP contribution in [0.25, 0.3) is 10.8 Å². The second kappa shape index (κ2) is 6.05. The van der Waals surface area contributed by atoms with Crippen molar-refractivity contribution in [3.63, 3.8) is 0 Å². The zero-order valence-electron chi connectivity index (χ0n) is 13.9. The van der Waals surface area contributed by atoms with Gasteiger partial charge in [-0.1, -0.05) is 12.1 Å². The Labute approximate surface area is 140 Å². The number of nitrogens with one attached hydrogen (secondary N) is 1. The largest absolute Gasteiger partial charge is 0.326 e. The van der Waals surface area contributed by atoms with E-state index in [0.29, 0.717) is 35.3 Å². The number of hydrogen-bond donors (Lipinski definition) is 1. The van der Waals surface area contributed by atoms with E-state index in [9.17, 15) is 14.4 Å². The van der Waals surface area contributed by atoms with Crippen molar-refractivity contribution >= 4 is 34.2 Å². The van der Waals surface area contributed by atoms with Gasteiger partial charge in [0.15, 0.2) is 0 Å². The molecule has 0 saturated carbocycles. The van der Waals surface area contributed by atoms with Crippen molar-refractivity contribution < 1.29 is 14.4 Å². The quantitative estimate of drug-likeness (QED) is 0.873. The molecule has 1 aliphatic rings. The van der Waals surface area contributed by atoms with Gasteiger partial charge in [0, 0.05) is 36.7 Å². The van der Waals surface area contributed by atoms with Crippen molar-refractivity contribution in [1.82, 2.24) is 9.80 Å². The molecule has 0 fully saturated rings. The maximum absolute atomic E-state index is 12.8. The second-order valence-corrected chi connectivity index (χ2v) is 6.17. The fourth-order valence-electron chi connectivity index (χ4n) is 2.94. The highest BCUT2D eigenvalue weighted by Gasteiger charge is 2.32. The Hall–Kier alpha value is -2.73. The summed E-state index contributed by atoms with van der Waals surface area (Å²) in [4.78, 5) is 40.1. The lowest BCUT2D eigenvalue weighted by Gasteiger charge is -2.28. The van der Waals surface area contributed by atoms with Crippen molar-refractivity contribution in [2.75, 3.05) is 32.5 Å². The molecular formula is C18H19N3O3. The predicted molar refractivity (Wildman–Crippen MR) is 92.2 cm³/mol. The Morgan fingerprint density at radius 2 is 1.83 bits per heavy atom. The van der Waals surface area contributed by atoms with Crippen LogP contribution in [-0.2, 0) is 4.79 Å². The van der Waals surface area contributed by atoms with Gasteiger partial charge in [0.2, 0.25) is 5.91 Å². The molecule has 0 spiro atoms. The molecule has 1 aliphatic heterocycles. The lowest BCUT2D eigenvalue weighted by atomic mass is 9.93. The Balaban J connectivity index is 2.13. The van der Waals surface area contributed by atoms with Crippen molar-refractivity contribution in [2.24, 2.45) is 0 Å². The first kappa shape index (κ1) is 16.1. The number of imide groups is 1. The number of likely N-dealkylation sites (N-methyl/N-ethyl adjacent to an activating group) is 1. The van der Waals surface area contributed by atoms with E-state index in [4.69, 9.17) is 0 Å². The molecule has 0 aliphatic carbocycles. The summed E-state index contributed by atoms with van der Waals surface area (Å²) in [7, 11) is 3.78.